The summed E-state index contributed by atoms with van der Waals surface area (Å²) in [5, 5.41) is 14.3. The Hall–Kier alpha value is -2.74. The molecule has 0 unspecified atom stereocenters. The van der Waals surface area contributed by atoms with Crippen LogP contribution in [0.15, 0.2) is 18.2 Å². The number of ether oxygens (including phenoxy) is 1. The molecule has 0 saturated heterocycles. The van der Waals surface area contributed by atoms with E-state index in [1.54, 1.807) is 13.8 Å². The summed E-state index contributed by atoms with van der Waals surface area (Å²) in [4.78, 5) is 36.9. The summed E-state index contributed by atoms with van der Waals surface area (Å²) in [6.07, 6.45) is 2.65. The molecule has 0 saturated carbocycles. The van der Waals surface area contributed by atoms with E-state index in [1.807, 2.05) is 0 Å². The second-order valence-corrected chi connectivity index (χ2v) is 8.09. The zero-order valence-electron chi connectivity index (χ0n) is 16.0. The van der Waals surface area contributed by atoms with Gasteiger partial charge in [0.25, 0.3) is 11.6 Å². The highest BCUT2D eigenvalue weighted by Crippen LogP contribution is 2.40. The van der Waals surface area contributed by atoms with Crippen molar-refractivity contribution in [3.05, 3.63) is 55.4 Å². The second kappa shape index (κ2) is 8.10. The van der Waals surface area contributed by atoms with Crippen LogP contribution in [0.2, 0.25) is 0 Å². The molecule has 0 fully saturated rings. The topological polar surface area (TPSA) is 98.5 Å². The first-order valence-corrected chi connectivity index (χ1v) is 10.0. The zero-order valence-corrected chi connectivity index (χ0v) is 16.9. The molecule has 1 atom stereocenters. The van der Waals surface area contributed by atoms with Crippen LogP contribution in [0, 0.1) is 23.0 Å². The van der Waals surface area contributed by atoms with Crippen molar-refractivity contribution in [1.29, 1.82) is 0 Å². The van der Waals surface area contributed by atoms with Gasteiger partial charge in [0, 0.05) is 22.1 Å². The Kier molecular flexibility index (Phi) is 5.79. The number of hydrogen-bond donors (Lipinski definition) is 1. The molecule has 8 heteroatoms. The SMILES string of the molecule is CCOC(=O)c1c(NC(=O)c2ccc([N+](=O)[O-])c(C)c2)sc2c1CC[C@H](C)C2. The fourth-order valence-corrected chi connectivity index (χ4v) is 4.83. The molecule has 1 aromatic carbocycles. The number of amides is 1. The zero-order chi connectivity index (χ0) is 20.4. The van der Waals surface area contributed by atoms with E-state index >= 15 is 0 Å². The molecule has 1 heterocycles. The molecule has 148 valence electrons. The lowest BCUT2D eigenvalue weighted by atomic mass is 9.88. The Morgan fingerprint density at radius 3 is 2.79 bits per heavy atom. The lowest BCUT2D eigenvalue weighted by Gasteiger charge is -2.18. The summed E-state index contributed by atoms with van der Waals surface area (Å²) in [5.74, 6) is -0.304. The molecule has 0 aliphatic heterocycles. The molecular weight excluding hydrogens is 380 g/mol. The van der Waals surface area contributed by atoms with E-state index in [0.29, 0.717) is 27.6 Å². The Morgan fingerprint density at radius 1 is 1.39 bits per heavy atom. The number of aryl methyl sites for hydroxylation is 1. The molecule has 0 bridgehead atoms. The highest BCUT2D eigenvalue weighted by atomic mass is 32.1. The molecule has 1 N–H and O–H groups in total. The Balaban J connectivity index is 1.93. The molecular formula is C20H22N2O5S. The van der Waals surface area contributed by atoms with Crippen molar-refractivity contribution in [3.63, 3.8) is 0 Å². The van der Waals surface area contributed by atoms with E-state index in [4.69, 9.17) is 4.74 Å². The van der Waals surface area contributed by atoms with Crippen LogP contribution in [0.1, 0.15) is 57.0 Å². The monoisotopic (exact) mass is 402 g/mol. The van der Waals surface area contributed by atoms with Gasteiger partial charge in [-0.2, -0.15) is 0 Å². The number of thiophene rings is 1. The lowest BCUT2D eigenvalue weighted by Crippen LogP contribution is -2.16. The van der Waals surface area contributed by atoms with Gasteiger partial charge >= 0.3 is 5.97 Å². The average Bonchev–Trinajstić information content (AvgIpc) is 2.98. The van der Waals surface area contributed by atoms with Crippen LogP contribution in [0.25, 0.3) is 0 Å². The predicted molar refractivity (Wildman–Crippen MR) is 107 cm³/mol. The average molecular weight is 402 g/mol. The fraction of sp³-hybridized carbons (Fsp3) is 0.400. The van der Waals surface area contributed by atoms with Crippen molar-refractivity contribution >= 4 is 33.9 Å². The third-order valence-corrected chi connectivity index (χ3v) is 6.04. The number of esters is 1. The van der Waals surface area contributed by atoms with Gasteiger partial charge in [-0.25, -0.2) is 4.79 Å². The third-order valence-electron chi connectivity index (χ3n) is 4.87. The van der Waals surface area contributed by atoms with Gasteiger partial charge in [0.1, 0.15) is 5.00 Å². The quantitative estimate of drug-likeness (QED) is 0.450. The van der Waals surface area contributed by atoms with Crippen LogP contribution in [0.5, 0.6) is 0 Å². The molecule has 0 radical (unpaired) electrons. The van der Waals surface area contributed by atoms with Crippen LogP contribution in [-0.2, 0) is 17.6 Å². The number of hydrogen-bond acceptors (Lipinski definition) is 6. The summed E-state index contributed by atoms with van der Waals surface area (Å²) >= 11 is 1.41. The number of anilines is 1. The standard InChI is InChI=1S/C20H22N2O5S/c1-4-27-20(24)17-14-7-5-11(2)9-16(14)28-19(17)21-18(23)13-6-8-15(22(25)26)12(3)10-13/h6,8,10-11H,4-5,7,9H2,1-3H3,(H,21,23)/t11-/m0/s1. The van der Waals surface area contributed by atoms with Gasteiger partial charge in [-0.1, -0.05) is 6.92 Å². The number of rotatable bonds is 5. The van der Waals surface area contributed by atoms with Gasteiger partial charge in [0.15, 0.2) is 0 Å². The number of nitrogens with one attached hydrogen (secondary N) is 1. The number of nitro benzene ring substituents is 1. The first kappa shape index (κ1) is 20.0. The highest BCUT2D eigenvalue weighted by molar-refractivity contribution is 7.17. The van der Waals surface area contributed by atoms with E-state index in [-0.39, 0.29) is 12.3 Å². The van der Waals surface area contributed by atoms with Crippen molar-refractivity contribution in [3.8, 4) is 0 Å². The maximum absolute atomic E-state index is 12.7. The maximum Gasteiger partial charge on any atom is 0.341 e. The molecule has 1 aromatic heterocycles. The molecule has 1 aliphatic carbocycles. The molecule has 7 nitrogen and oxygen atoms in total. The molecule has 3 rings (SSSR count). The Bertz CT molecular complexity index is 950. The molecule has 1 aliphatic rings. The van der Waals surface area contributed by atoms with Crippen LogP contribution >= 0.6 is 11.3 Å². The largest absolute Gasteiger partial charge is 0.462 e. The van der Waals surface area contributed by atoms with E-state index < -0.39 is 16.8 Å². The van der Waals surface area contributed by atoms with Crippen LogP contribution in [0.3, 0.4) is 0 Å². The number of carbonyl (C=O) groups excluding carboxylic acids is 2. The Morgan fingerprint density at radius 2 is 2.14 bits per heavy atom. The second-order valence-electron chi connectivity index (χ2n) is 6.99. The van der Waals surface area contributed by atoms with Gasteiger partial charge < -0.3 is 10.1 Å². The van der Waals surface area contributed by atoms with Gasteiger partial charge in [-0.15, -0.1) is 11.3 Å². The molecule has 2 aromatic rings. The van der Waals surface area contributed by atoms with E-state index in [9.17, 15) is 19.7 Å². The third kappa shape index (κ3) is 3.91. The van der Waals surface area contributed by atoms with Gasteiger partial charge in [0.2, 0.25) is 0 Å². The minimum atomic E-state index is -0.482. The summed E-state index contributed by atoms with van der Waals surface area (Å²) < 4.78 is 5.21. The van der Waals surface area contributed by atoms with Gasteiger partial charge in [-0.05, 0) is 56.7 Å². The normalized spacial score (nSPS) is 15.6. The molecule has 1 amide bonds. The Labute approximate surface area is 166 Å². The van der Waals surface area contributed by atoms with Crippen molar-refractivity contribution in [2.24, 2.45) is 5.92 Å². The van der Waals surface area contributed by atoms with Crippen molar-refractivity contribution in [2.75, 3.05) is 11.9 Å². The summed E-state index contributed by atoms with van der Waals surface area (Å²) in [7, 11) is 0. The fourth-order valence-electron chi connectivity index (χ4n) is 3.43. The summed E-state index contributed by atoms with van der Waals surface area (Å²) in [6.45, 7) is 5.76. The van der Waals surface area contributed by atoms with E-state index in [1.165, 1.54) is 29.5 Å². The number of fused-ring (bicyclic) bond motifs is 1. The number of nitro groups is 1. The first-order valence-electron chi connectivity index (χ1n) is 9.19. The minimum absolute atomic E-state index is 0.0377. The summed E-state index contributed by atoms with van der Waals surface area (Å²) in [5.41, 5.74) is 2.09. The van der Waals surface area contributed by atoms with Crippen LogP contribution in [0.4, 0.5) is 10.7 Å². The van der Waals surface area contributed by atoms with Crippen LogP contribution < -0.4 is 5.32 Å². The minimum Gasteiger partial charge on any atom is -0.462 e. The van der Waals surface area contributed by atoms with E-state index in [0.717, 1.165) is 29.7 Å². The van der Waals surface area contributed by atoms with Crippen LogP contribution in [-0.4, -0.2) is 23.4 Å². The molecule has 0 spiro atoms. The maximum atomic E-state index is 12.7. The number of carbonyl (C=O) groups is 2. The highest BCUT2D eigenvalue weighted by Gasteiger charge is 2.29. The van der Waals surface area contributed by atoms with Gasteiger partial charge in [-0.3, -0.25) is 14.9 Å². The lowest BCUT2D eigenvalue weighted by molar-refractivity contribution is -0.385. The van der Waals surface area contributed by atoms with Crippen molar-refractivity contribution in [1.82, 2.24) is 0 Å². The first-order chi connectivity index (χ1) is 13.3. The number of benzene rings is 1. The smallest absolute Gasteiger partial charge is 0.341 e. The molecule has 28 heavy (non-hydrogen) atoms. The predicted octanol–water partition coefficient (Wildman–Crippen LogP) is 4.52. The number of nitrogens with zero attached hydrogens (tertiary/aromatic N) is 1. The van der Waals surface area contributed by atoms with Gasteiger partial charge in [0.05, 0.1) is 17.1 Å². The summed E-state index contributed by atoms with van der Waals surface area (Å²) in [6, 6.07) is 4.21. The van der Waals surface area contributed by atoms with E-state index in [2.05, 4.69) is 12.2 Å². The van der Waals surface area contributed by atoms with Crippen molar-refractivity contribution in [2.45, 2.75) is 40.0 Å². The van der Waals surface area contributed by atoms with Crippen molar-refractivity contribution < 1.29 is 19.2 Å².